The summed E-state index contributed by atoms with van der Waals surface area (Å²) in [5.74, 6) is 0.431. The Morgan fingerprint density at radius 1 is 1.53 bits per heavy atom. The maximum absolute atomic E-state index is 13.0. The summed E-state index contributed by atoms with van der Waals surface area (Å²) in [6, 6.07) is 6.39. The fourth-order valence-corrected chi connectivity index (χ4v) is 2.43. The molecule has 1 atom stereocenters. The number of nitrogens with zero attached hydrogens (tertiary/aromatic N) is 1. The van der Waals surface area contributed by atoms with Gasteiger partial charge in [0.1, 0.15) is 5.82 Å². The summed E-state index contributed by atoms with van der Waals surface area (Å²) < 4.78 is 13.0. The molecule has 1 saturated heterocycles. The molecule has 0 aliphatic carbocycles. The van der Waals surface area contributed by atoms with Gasteiger partial charge >= 0.3 is 0 Å². The average molecular weight is 252 g/mol. The van der Waals surface area contributed by atoms with E-state index in [1.165, 1.54) is 25.0 Å². The molecule has 2 rings (SSSR count). The molecule has 1 aromatic carbocycles. The van der Waals surface area contributed by atoms with Gasteiger partial charge in [-0.2, -0.15) is 0 Å². The van der Waals surface area contributed by atoms with Crippen molar-refractivity contribution in [1.82, 2.24) is 4.90 Å². The van der Waals surface area contributed by atoms with Crippen molar-refractivity contribution in [3.05, 3.63) is 30.1 Å². The summed E-state index contributed by atoms with van der Waals surface area (Å²) in [6.45, 7) is 4.21. The summed E-state index contributed by atoms with van der Waals surface area (Å²) in [4.78, 5) is 2.16. The highest BCUT2D eigenvalue weighted by molar-refractivity contribution is 7.80. The lowest BCUT2D eigenvalue weighted by Crippen LogP contribution is -2.41. The van der Waals surface area contributed by atoms with Gasteiger partial charge in [0, 0.05) is 18.8 Å². The van der Waals surface area contributed by atoms with Crippen LogP contribution >= 0.6 is 12.2 Å². The molecule has 0 bridgehead atoms. The third-order valence-electron chi connectivity index (χ3n) is 3.02. The molecule has 92 valence electrons. The fraction of sp³-hybridized carbons (Fsp3) is 0.462. The highest BCUT2D eigenvalue weighted by Gasteiger charge is 2.18. The van der Waals surface area contributed by atoms with Crippen LogP contribution in [0.1, 0.15) is 19.8 Å². The zero-order valence-electron chi connectivity index (χ0n) is 9.95. The van der Waals surface area contributed by atoms with Gasteiger partial charge in [0.2, 0.25) is 0 Å². The quantitative estimate of drug-likeness (QED) is 0.772. The molecule has 4 heteroatoms. The van der Waals surface area contributed by atoms with Crippen LogP contribution in [0.4, 0.5) is 10.1 Å². The number of hydrogen-bond donors (Lipinski definition) is 1. The zero-order valence-corrected chi connectivity index (χ0v) is 10.8. The smallest absolute Gasteiger partial charge is 0.173 e. The number of likely N-dealkylation sites (tertiary alicyclic amines) is 1. The van der Waals surface area contributed by atoms with Gasteiger partial charge in [-0.05, 0) is 49.2 Å². The Hall–Kier alpha value is -1.16. The summed E-state index contributed by atoms with van der Waals surface area (Å²) in [5, 5.41) is 3.79. The topological polar surface area (TPSA) is 15.3 Å². The van der Waals surface area contributed by atoms with Crippen LogP contribution in [0.2, 0.25) is 0 Å². The summed E-state index contributed by atoms with van der Waals surface area (Å²) >= 11 is 5.34. The molecule has 0 saturated carbocycles. The molecule has 1 unspecified atom stereocenters. The molecule has 1 aliphatic rings. The number of nitrogens with one attached hydrogen (secondary N) is 1. The van der Waals surface area contributed by atoms with Crippen LogP contribution in [0.3, 0.4) is 0 Å². The van der Waals surface area contributed by atoms with E-state index >= 15 is 0 Å². The molecule has 1 fully saturated rings. The maximum Gasteiger partial charge on any atom is 0.173 e. The summed E-state index contributed by atoms with van der Waals surface area (Å²) in [5.41, 5.74) is 0.716. The first kappa shape index (κ1) is 12.3. The Morgan fingerprint density at radius 3 is 3.06 bits per heavy atom. The monoisotopic (exact) mass is 252 g/mol. The van der Waals surface area contributed by atoms with Crippen LogP contribution in [0.15, 0.2) is 24.3 Å². The van der Waals surface area contributed by atoms with Gasteiger partial charge in [-0.1, -0.05) is 13.0 Å². The third kappa shape index (κ3) is 3.40. The molecule has 0 aromatic heterocycles. The zero-order chi connectivity index (χ0) is 12.3. The van der Waals surface area contributed by atoms with E-state index in [-0.39, 0.29) is 5.82 Å². The van der Waals surface area contributed by atoms with E-state index in [1.807, 2.05) is 6.07 Å². The van der Waals surface area contributed by atoms with Crippen molar-refractivity contribution in [3.8, 4) is 0 Å². The maximum atomic E-state index is 13.0. The van der Waals surface area contributed by atoms with E-state index in [1.54, 1.807) is 6.07 Å². The molecule has 1 aromatic rings. The van der Waals surface area contributed by atoms with E-state index in [0.717, 1.165) is 13.1 Å². The van der Waals surface area contributed by atoms with Gasteiger partial charge in [-0.3, -0.25) is 0 Å². The molecule has 1 aliphatic heterocycles. The second-order valence-corrected chi connectivity index (χ2v) is 5.02. The third-order valence-corrected chi connectivity index (χ3v) is 3.38. The van der Waals surface area contributed by atoms with Crippen LogP contribution in [-0.4, -0.2) is 23.1 Å². The molecular formula is C13H17FN2S. The van der Waals surface area contributed by atoms with Gasteiger partial charge in [-0.25, -0.2) is 4.39 Å². The Kier molecular flexibility index (Phi) is 3.94. The second kappa shape index (κ2) is 5.45. The van der Waals surface area contributed by atoms with Crippen molar-refractivity contribution in [3.63, 3.8) is 0 Å². The van der Waals surface area contributed by atoms with Gasteiger partial charge in [0.25, 0.3) is 0 Å². The average Bonchev–Trinajstić information content (AvgIpc) is 2.29. The Labute approximate surface area is 107 Å². The fourth-order valence-electron chi connectivity index (χ4n) is 2.14. The normalized spacial score (nSPS) is 20.1. The minimum atomic E-state index is -0.246. The Morgan fingerprint density at radius 2 is 2.35 bits per heavy atom. The molecule has 0 radical (unpaired) electrons. The van der Waals surface area contributed by atoms with Crippen LogP contribution in [0, 0.1) is 11.7 Å². The minimum absolute atomic E-state index is 0.246. The number of hydrogen-bond acceptors (Lipinski definition) is 1. The highest BCUT2D eigenvalue weighted by Crippen LogP contribution is 2.17. The predicted octanol–water partition coefficient (Wildman–Crippen LogP) is 3.25. The molecule has 0 amide bonds. The molecule has 1 N–H and O–H groups in total. The van der Waals surface area contributed by atoms with Gasteiger partial charge in [0.05, 0.1) is 0 Å². The Bertz CT molecular complexity index is 408. The van der Waals surface area contributed by atoms with Crippen LogP contribution in [0.5, 0.6) is 0 Å². The Balaban J connectivity index is 1.96. The van der Waals surface area contributed by atoms with Crippen LogP contribution in [0.25, 0.3) is 0 Å². The van der Waals surface area contributed by atoms with Crippen LogP contribution < -0.4 is 5.32 Å². The van der Waals surface area contributed by atoms with Gasteiger partial charge in [0.15, 0.2) is 5.11 Å². The first-order valence-corrected chi connectivity index (χ1v) is 6.37. The van der Waals surface area contributed by atoms with Crippen molar-refractivity contribution in [2.24, 2.45) is 5.92 Å². The van der Waals surface area contributed by atoms with E-state index in [0.29, 0.717) is 16.7 Å². The summed E-state index contributed by atoms with van der Waals surface area (Å²) in [7, 11) is 0. The molecular weight excluding hydrogens is 235 g/mol. The second-order valence-electron chi connectivity index (χ2n) is 4.63. The molecule has 2 nitrogen and oxygen atoms in total. The van der Waals surface area contributed by atoms with E-state index in [2.05, 4.69) is 17.1 Å². The van der Waals surface area contributed by atoms with E-state index < -0.39 is 0 Å². The lowest BCUT2D eigenvalue weighted by atomic mass is 10.0. The number of piperidine rings is 1. The van der Waals surface area contributed by atoms with Gasteiger partial charge in [-0.15, -0.1) is 0 Å². The standard InChI is InChI=1S/C13H17FN2S/c1-10-4-3-7-16(9-10)13(17)15-12-6-2-5-11(14)8-12/h2,5-6,8,10H,3-4,7,9H2,1H3,(H,15,17). The number of benzene rings is 1. The van der Waals surface area contributed by atoms with Crippen LogP contribution in [-0.2, 0) is 0 Å². The summed E-state index contributed by atoms with van der Waals surface area (Å²) in [6.07, 6.45) is 2.44. The molecule has 0 spiro atoms. The lowest BCUT2D eigenvalue weighted by molar-refractivity contribution is 0.276. The number of rotatable bonds is 1. The number of anilines is 1. The van der Waals surface area contributed by atoms with Crippen molar-refractivity contribution in [1.29, 1.82) is 0 Å². The lowest BCUT2D eigenvalue weighted by Gasteiger charge is -2.33. The SMILES string of the molecule is CC1CCCN(C(=S)Nc2cccc(F)c2)C1. The first-order valence-electron chi connectivity index (χ1n) is 5.96. The van der Waals surface area contributed by atoms with Crippen molar-refractivity contribution in [2.45, 2.75) is 19.8 Å². The highest BCUT2D eigenvalue weighted by atomic mass is 32.1. The van der Waals surface area contributed by atoms with E-state index in [4.69, 9.17) is 12.2 Å². The van der Waals surface area contributed by atoms with Crippen molar-refractivity contribution in [2.75, 3.05) is 18.4 Å². The molecule has 1 heterocycles. The first-order chi connectivity index (χ1) is 8.15. The number of thiocarbonyl (C=S) groups is 1. The largest absolute Gasteiger partial charge is 0.349 e. The molecule has 17 heavy (non-hydrogen) atoms. The minimum Gasteiger partial charge on any atom is -0.349 e. The number of halogens is 1. The van der Waals surface area contributed by atoms with Gasteiger partial charge < -0.3 is 10.2 Å². The predicted molar refractivity (Wildman–Crippen MR) is 72.6 cm³/mol. The van der Waals surface area contributed by atoms with E-state index in [9.17, 15) is 4.39 Å². The van der Waals surface area contributed by atoms with Crippen molar-refractivity contribution < 1.29 is 4.39 Å². The van der Waals surface area contributed by atoms with Crippen molar-refractivity contribution >= 4 is 23.0 Å².